The van der Waals surface area contributed by atoms with Gasteiger partial charge in [0.05, 0.1) is 19.6 Å². The van der Waals surface area contributed by atoms with Gasteiger partial charge in [-0.2, -0.15) is 0 Å². The lowest BCUT2D eigenvalue weighted by Gasteiger charge is -2.01. The van der Waals surface area contributed by atoms with Crippen LogP contribution in [0.25, 0.3) is 0 Å². The molecule has 0 unspecified atom stereocenters. The zero-order chi connectivity index (χ0) is 20.1. The minimum atomic E-state index is 0.470. The van der Waals surface area contributed by atoms with Crippen LogP contribution in [-0.4, -0.2) is 37.4 Å². The molecular weight excluding hydrogens is 376 g/mol. The van der Waals surface area contributed by atoms with Gasteiger partial charge >= 0.3 is 0 Å². The highest BCUT2D eigenvalue weighted by atomic mass is 16.3. The fraction of sp³-hybridized carbons (Fsp3) is 0.294. The van der Waals surface area contributed by atoms with Crippen LogP contribution in [0.1, 0.15) is 23.0 Å². The molecule has 4 heterocycles. The molecule has 0 fully saturated rings. The molecule has 4 aromatic rings. The summed E-state index contributed by atoms with van der Waals surface area (Å²) >= 11 is 0. The van der Waals surface area contributed by atoms with E-state index in [4.69, 9.17) is 8.83 Å². The Balaban J connectivity index is 1.22. The van der Waals surface area contributed by atoms with Crippen molar-refractivity contribution in [2.24, 2.45) is 0 Å². The second-order valence-corrected chi connectivity index (χ2v) is 6.24. The highest BCUT2D eigenvalue weighted by Gasteiger charge is 2.07. The van der Waals surface area contributed by atoms with E-state index in [2.05, 4.69) is 51.6 Å². The number of H-pyrrole nitrogens is 2. The number of furan rings is 2. The van der Waals surface area contributed by atoms with Crippen molar-refractivity contribution in [1.29, 1.82) is 0 Å². The minimum Gasteiger partial charge on any atom is -0.465 e. The average Bonchev–Trinajstić information content (AvgIpc) is 3.50. The Morgan fingerprint density at radius 1 is 0.690 bits per heavy atom. The van der Waals surface area contributed by atoms with E-state index in [0.717, 1.165) is 23.0 Å². The van der Waals surface area contributed by atoms with Crippen LogP contribution in [0.5, 0.6) is 0 Å². The Morgan fingerprint density at radius 3 is 1.59 bits per heavy atom. The van der Waals surface area contributed by atoms with Crippen LogP contribution in [0.4, 0.5) is 23.8 Å². The maximum atomic E-state index is 5.78. The van der Waals surface area contributed by atoms with Crippen molar-refractivity contribution in [3.05, 3.63) is 47.3 Å². The first-order valence-corrected chi connectivity index (χ1v) is 9.05. The number of aromatic nitrogens is 6. The number of aryl methyl sites for hydroxylation is 1. The van der Waals surface area contributed by atoms with Crippen LogP contribution in [0.3, 0.4) is 0 Å². The Bertz CT molecular complexity index is 1050. The molecule has 0 radical (unpaired) electrons. The Kier molecular flexibility index (Phi) is 5.31. The van der Waals surface area contributed by atoms with Gasteiger partial charge < -0.3 is 30.1 Å². The summed E-state index contributed by atoms with van der Waals surface area (Å²) in [6, 6.07) is 7.64. The second kappa shape index (κ2) is 8.37. The number of nitrogens with one attached hydrogen (secondary N) is 6. The van der Waals surface area contributed by atoms with Crippen LogP contribution >= 0.6 is 0 Å². The van der Waals surface area contributed by atoms with Crippen molar-refractivity contribution < 1.29 is 8.83 Å². The third-order valence-corrected chi connectivity index (χ3v) is 4.01. The maximum absolute atomic E-state index is 5.78. The molecule has 0 saturated carbocycles. The van der Waals surface area contributed by atoms with Crippen molar-refractivity contribution >= 4 is 23.8 Å². The molecule has 0 bridgehead atoms. The topological polar surface area (TPSA) is 158 Å². The average molecular weight is 398 g/mol. The molecule has 0 aromatic carbocycles. The number of nitrogens with zero attached hydrogens (tertiary/aromatic N) is 4. The van der Waals surface area contributed by atoms with Crippen molar-refractivity contribution in [2.75, 3.05) is 28.3 Å². The van der Waals surface area contributed by atoms with Gasteiger partial charge in [-0.05, 0) is 31.2 Å². The summed E-state index contributed by atoms with van der Waals surface area (Å²) in [6.07, 6.45) is 0. The lowest BCUT2D eigenvalue weighted by molar-refractivity contribution is 0.477. The van der Waals surface area contributed by atoms with Gasteiger partial charge in [-0.15, -0.1) is 20.4 Å². The summed E-state index contributed by atoms with van der Waals surface area (Å²) in [5.41, 5.74) is 0. The SMILES string of the molecule is CNc1nnc(NCc2ccc(CNc3nnc(NCc4ccc(C)o4)[nH]3)o2)[nH]1. The van der Waals surface area contributed by atoms with E-state index in [1.54, 1.807) is 7.05 Å². The van der Waals surface area contributed by atoms with Crippen LogP contribution in [0.2, 0.25) is 0 Å². The second-order valence-electron chi connectivity index (χ2n) is 6.24. The first kappa shape index (κ1) is 18.4. The summed E-state index contributed by atoms with van der Waals surface area (Å²) in [5, 5.41) is 28.2. The Hall–Kier alpha value is -3.96. The molecular formula is C17H22N10O2. The van der Waals surface area contributed by atoms with E-state index in [1.807, 2.05) is 31.2 Å². The molecule has 12 nitrogen and oxygen atoms in total. The molecule has 0 spiro atoms. The molecule has 6 N–H and O–H groups in total. The molecule has 0 atom stereocenters. The summed E-state index contributed by atoms with van der Waals surface area (Å²) in [4.78, 5) is 6.04. The minimum absolute atomic E-state index is 0.470. The van der Waals surface area contributed by atoms with Gasteiger partial charge in [-0.1, -0.05) is 0 Å². The lowest BCUT2D eigenvalue weighted by Crippen LogP contribution is -2.02. The molecule has 0 saturated heterocycles. The molecule has 0 aliphatic carbocycles. The molecule has 152 valence electrons. The van der Waals surface area contributed by atoms with E-state index >= 15 is 0 Å². The molecule has 0 amide bonds. The standard InChI is InChI=1S/C17H22N10O2/c1-10-3-4-11(28-10)7-19-16-23-17(27-26-16)21-9-13-6-5-12(29-13)8-20-15-22-14(18-2)24-25-15/h3-6H,7-9H2,1-2H3,(H3,18,20,22,24,25)(H3,19,21,23,26,27). The monoisotopic (exact) mass is 398 g/mol. The normalized spacial score (nSPS) is 10.8. The third kappa shape index (κ3) is 4.86. The summed E-state index contributed by atoms with van der Waals surface area (Å²) < 4.78 is 11.3. The van der Waals surface area contributed by atoms with Crippen LogP contribution < -0.4 is 21.3 Å². The van der Waals surface area contributed by atoms with E-state index in [1.165, 1.54) is 0 Å². The highest BCUT2D eigenvalue weighted by molar-refractivity contribution is 5.35. The van der Waals surface area contributed by atoms with Crippen LogP contribution in [0.15, 0.2) is 33.1 Å². The largest absolute Gasteiger partial charge is 0.465 e. The third-order valence-electron chi connectivity index (χ3n) is 4.01. The van der Waals surface area contributed by atoms with Crippen molar-refractivity contribution in [3.63, 3.8) is 0 Å². The van der Waals surface area contributed by atoms with Gasteiger partial charge in [0.1, 0.15) is 23.0 Å². The number of hydrogen-bond acceptors (Lipinski definition) is 10. The molecule has 4 aromatic heterocycles. The first-order valence-electron chi connectivity index (χ1n) is 9.05. The zero-order valence-electron chi connectivity index (χ0n) is 16.0. The summed E-state index contributed by atoms with van der Waals surface area (Å²) in [5.74, 6) is 5.51. The number of anilines is 4. The predicted molar refractivity (Wildman–Crippen MR) is 106 cm³/mol. The molecule has 4 rings (SSSR count). The number of hydrogen-bond donors (Lipinski definition) is 6. The Morgan fingerprint density at radius 2 is 1.14 bits per heavy atom. The maximum Gasteiger partial charge on any atom is 0.223 e. The van der Waals surface area contributed by atoms with Gasteiger partial charge in [0.2, 0.25) is 23.8 Å². The number of aromatic amines is 2. The molecule has 29 heavy (non-hydrogen) atoms. The lowest BCUT2D eigenvalue weighted by atomic mass is 10.4. The fourth-order valence-corrected chi connectivity index (χ4v) is 2.58. The van der Waals surface area contributed by atoms with E-state index in [9.17, 15) is 0 Å². The van der Waals surface area contributed by atoms with Gasteiger partial charge in [0.15, 0.2) is 0 Å². The van der Waals surface area contributed by atoms with Gasteiger partial charge in [0.25, 0.3) is 0 Å². The van der Waals surface area contributed by atoms with E-state index in [-0.39, 0.29) is 0 Å². The van der Waals surface area contributed by atoms with Gasteiger partial charge in [0, 0.05) is 7.05 Å². The smallest absolute Gasteiger partial charge is 0.223 e. The summed E-state index contributed by atoms with van der Waals surface area (Å²) in [6.45, 7) is 3.39. The fourth-order valence-electron chi connectivity index (χ4n) is 2.58. The number of rotatable bonds is 10. The quantitative estimate of drug-likeness (QED) is 0.234. The molecule has 12 heteroatoms. The first-order chi connectivity index (χ1) is 14.2. The highest BCUT2D eigenvalue weighted by Crippen LogP contribution is 2.13. The Labute approximate surface area is 165 Å². The molecule has 0 aliphatic heterocycles. The van der Waals surface area contributed by atoms with E-state index in [0.29, 0.717) is 43.4 Å². The van der Waals surface area contributed by atoms with Crippen molar-refractivity contribution in [2.45, 2.75) is 26.6 Å². The summed E-state index contributed by atoms with van der Waals surface area (Å²) in [7, 11) is 1.77. The van der Waals surface area contributed by atoms with Gasteiger partial charge in [-0.25, -0.2) is 0 Å². The predicted octanol–water partition coefficient (Wildman–Crippen LogP) is 2.30. The van der Waals surface area contributed by atoms with Gasteiger partial charge in [-0.3, -0.25) is 9.97 Å². The molecule has 0 aliphatic rings. The van der Waals surface area contributed by atoms with E-state index < -0.39 is 0 Å². The van der Waals surface area contributed by atoms with Crippen molar-refractivity contribution in [1.82, 2.24) is 30.4 Å². The van der Waals surface area contributed by atoms with Crippen LogP contribution in [-0.2, 0) is 19.6 Å². The van der Waals surface area contributed by atoms with Crippen LogP contribution in [0, 0.1) is 6.92 Å². The zero-order valence-corrected chi connectivity index (χ0v) is 16.0. The van der Waals surface area contributed by atoms with Crippen molar-refractivity contribution in [3.8, 4) is 0 Å².